The number of imide groups is 1. The topological polar surface area (TPSA) is 66.5 Å². The molecule has 138 valence electrons. The van der Waals surface area contributed by atoms with Crippen molar-refractivity contribution in [3.8, 4) is 0 Å². The van der Waals surface area contributed by atoms with Gasteiger partial charge in [0.25, 0.3) is 17.7 Å². The summed E-state index contributed by atoms with van der Waals surface area (Å²) >= 11 is 0. The first kappa shape index (κ1) is 17.7. The Labute approximate surface area is 162 Å². The lowest BCUT2D eigenvalue weighted by atomic mass is 10.1. The number of rotatable bonds is 3. The Hall–Kier alpha value is -3.73. The molecule has 3 aromatic carbocycles. The molecule has 0 aliphatic carbocycles. The summed E-state index contributed by atoms with van der Waals surface area (Å²) in [6, 6.07) is 18.9. The van der Waals surface area contributed by atoms with Gasteiger partial charge >= 0.3 is 0 Å². The Morgan fingerprint density at radius 2 is 1.39 bits per heavy atom. The fourth-order valence-electron chi connectivity index (χ4n) is 3.27. The minimum absolute atomic E-state index is 0.248. The first-order valence-electron chi connectivity index (χ1n) is 8.93. The fraction of sp³-hybridized carbons (Fsp3) is 0.0870. The number of hydrogen-bond donors (Lipinski definition) is 1. The van der Waals surface area contributed by atoms with Crippen LogP contribution in [-0.4, -0.2) is 17.7 Å². The average molecular weight is 370 g/mol. The lowest BCUT2D eigenvalue weighted by molar-refractivity contribution is 0.0925. The number of nitrogens with one attached hydrogen (secondary N) is 1. The van der Waals surface area contributed by atoms with Gasteiger partial charge in [-0.1, -0.05) is 24.3 Å². The Kier molecular flexibility index (Phi) is 4.28. The number of carbonyl (C=O) groups is 3. The molecule has 4 rings (SSSR count). The third-order valence-electron chi connectivity index (χ3n) is 5.03. The van der Waals surface area contributed by atoms with E-state index < -0.39 is 0 Å². The number of fused-ring (bicyclic) bond motifs is 1. The van der Waals surface area contributed by atoms with Crippen LogP contribution in [0.25, 0.3) is 0 Å². The zero-order chi connectivity index (χ0) is 19.8. The van der Waals surface area contributed by atoms with E-state index in [9.17, 15) is 14.4 Å². The van der Waals surface area contributed by atoms with Gasteiger partial charge in [-0.05, 0) is 67.4 Å². The third kappa shape index (κ3) is 2.87. The van der Waals surface area contributed by atoms with Gasteiger partial charge in [0, 0.05) is 11.3 Å². The molecule has 0 radical (unpaired) electrons. The standard InChI is InChI=1S/C23H18N2O3/c1-14-6-5-9-20(15(14)2)24-21(26)16-10-12-17(13-11-16)25-22(27)18-7-3-4-8-19(18)23(25)28/h3-13H,1-2H3,(H,24,26). The van der Waals surface area contributed by atoms with Crippen LogP contribution in [0.5, 0.6) is 0 Å². The van der Waals surface area contributed by atoms with Gasteiger partial charge in [0.05, 0.1) is 16.8 Å². The summed E-state index contributed by atoms with van der Waals surface area (Å²) in [6.07, 6.45) is 0. The zero-order valence-corrected chi connectivity index (χ0v) is 15.5. The summed E-state index contributed by atoms with van der Waals surface area (Å²) < 4.78 is 0. The van der Waals surface area contributed by atoms with Crippen molar-refractivity contribution in [3.05, 3.63) is 94.5 Å². The molecule has 0 aromatic heterocycles. The van der Waals surface area contributed by atoms with Crippen LogP contribution >= 0.6 is 0 Å². The second kappa shape index (κ2) is 6.78. The second-order valence-electron chi connectivity index (χ2n) is 6.74. The second-order valence-corrected chi connectivity index (χ2v) is 6.74. The van der Waals surface area contributed by atoms with Gasteiger partial charge < -0.3 is 5.32 Å². The number of benzene rings is 3. The van der Waals surface area contributed by atoms with E-state index in [4.69, 9.17) is 0 Å². The Morgan fingerprint density at radius 1 is 0.786 bits per heavy atom. The highest BCUT2D eigenvalue weighted by Crippen LogP contribution is 2.28. The first-order valence-corrected chi connectivity index (χ1v) is 8.93. The molecule has 28 heavy (non-hydrogen) atoms. The highest BCUT2D eigenvalue weighted by Gasteiger charge is 2.36. The molecule has 0 bridgehead atoms. The molecule has 0 atom stereocenters. The summed E-state index contributed by atoms with van der Waals surface area (Å²) in [4.78, 5) is 38.8. The van der Waals surface area contributed by atoms with Crippen molar-refractivity contribution < 1.29 is 14.4 Å². The van der Waals surface area contributed by atoms with Crippen LogP contribution in [0.3, 0.4) is 0 Å². The molecule has 3 amide bonds. The predicted octanol–water partition coefficient (Wildman–Crippen LogP) is 4.36. The molecule has 0 unspecified atom stereocenters. The van der Waals surface area contributed by atoms with Gasteiger partial charge in [-0.25, -0.2) is 4.90 Å². The number of hydrogen-bond acceptors (Lipinski definition) is 3. The van der Waals surface area contributed by atoms with Gasteiger partial charge in [-0.3, -0.25) is 14.4 Å². The molecule has 1 heterocycles. The van der Waals surface area contributed by atoms with Gasteiger partial charge in [-0.15, -0.1) is 0 Å². The Balaban J connectivity index is 1.56. The quantitative estimate of drug-likeness (QED) is 0.697. The smallest absolute Gasteiger partial charge is 0.266 e. The molecule has 0 spiro atoms. The lowest BCUT2D eigenvalue weighted by Crippen LogP contribution is -2.29. The van der Waals surface area contributed by atoms with Crippen molar-refractivity contribution >= 4 is 29.1 Å². The lowest BCUT2D eigenvalue weighted by Gasteiger charge is -2.15. The summed E-state index contributed by atoms with van der Waals surface area (Å²) in [5.41, 5.74) is 4.54. The maximum absolute atomic E-state index is 12.6. The van der Waals surface area contributed by atoms with E-state index in [0.717, 1.165) is 21.7 Å². The van der Waals surface area contributed by atoms with Gasteiger partial charge in [-0.2, -0.15) is 0 Å². The van der Waals surface area contributed by atoms with E-state index in [0.29, 0.717) is 22.4 Å². The number of carbonyl (C=O) groups excluding carboxylic acids is 3. The molecule has 0 saturated heterocycles. The van der Waals surface area contributed by atoms with Crippen LogP contribution in [0.1, 0.15) is 42.2 Å². The van der Waals surface area contributed by atoms with E-state index in [1.807, 2.05) is 32.0 Å². The van der Waals surface area contributed by atoms with Crippen LogP contribution in [0.2, 0.25) is 0 Å². The molecule has 1 aliphatic heterocycles. The van der Waals surface area contributed by atoms with Crippen molar-refractivity contribution in [2.75, 3.05) is 10.2 Å². The number of amides is 3. The summed E-state index contributed by atoms with van der Waals surface area (Å²) in [5, 5.41) is 2.90. The monoisotopic (exact) mass is 370 g/mol. The normalized spacial score (nSPS) is 12.9. The molecular weight excluding hydrogens is 352 g/mol. The number of anilines is 2. The largest absolute Gasteiger partial charge is 0.322 e. The Bertz CT molecular complexity index is 1080. The molecule has 5 heteroatoms. The van der Waals surface area contributed by atoms with Gasteiger partial charge in [0.2, 0.25) is 0 Å². The first-order chi connectivity index (χ1) is 13.5. The molecule has 0 fully saturated rings. The van der Waals surface area contributed by atoms with Crippen molar-refractivity contribution in [2.24, 2.45) is 0 Å². The van der Waals surface area contributed by atoms with E-state index in [1.165, 1.54) is 0 Å². The maximum Gasteiger partial charge on any atom is 0.266 e. The number of aryl methyl sites for hydroxylation is 1. The highest BCUT2D eigenvalue weighted by atomic mass is 16.2. The summed E-state index contributed by atoms with van der Waals surface area (Å²) in [5.74, 6) is -0.955. The van der Waals surface area contributed by atoms with Crippen molar-refractivity contribution in [1.82, 2.24) is 0 Å². The van der Waals surface area contributed by atoms with Crippen LogP contribution in [-0.2, 0) is 0 Å². The number of nitrogens with zero attached hydrogens (tertiary/aromatic N) is 1. The zero-order valence-electron chi connectivity index (χ0n) is 15.5. The molecule has 1 aliphatic rings. The molecule has 0 saturated carbocycles. The van der Waals surface area contributed by atoms with Crippen molar-refractivity contribution in [2.45, 2.75) is 13.8 Å². The predicted molar refractivity (Wildman–Crippen MR) is 108 cm³/mol. The fourth-order valence-corrected chi connectivity index (χ4v) is 3.27. The minimum Gasteiger partial charge on any atom is -0.322 e. The van der Waals surface area contributed by atoms with E-state index in [-0.39, 0.29) is 17.7 Å². The maximum atomic E-state index is 12.6. The molecule has 1 N–H and O–H groups in total. The third-order valence-corrected chi connectivity index (χ3v) is 5.03. The van der Waals surface area contributed by atoms with Crippen molar-refractivity contribution in [1.29, 1.82) is 0 Å². The molecular formula is C23H18N2O3. The SMILES string of the molecule is Cc1cccc(NC(=O)c2ccc(N3C(=O)c4ccccc4C3=O)cc2)c1C. The van der Waals surface area contributed by atoms with E-state index in [2.05, 4.69) is 5.32 Å². The van der Waals surface area contributed by atoms with E-state index >= 15 is 0 Å². The molecule has 5 nitrogen and oxygen atoms in total. The molecule has 3 aromatic rings. The summed E-state index contributed by atoms with van der Waals surface area (Å²) in [7, 11) is 0. The van der Waals surface area contributed by atoms with Crippen molar-refractivity contribution in [3.63, 3.8) is 0 Å². The Morgan fingerprint density at radius 3 is 2.00 bits per heavy atom. The van der Waals surface area contributed by atoms with Crippen LogP contribution in [0.15, 0.2) is 66.7 Å². The average Bonchev–Trinajstić information content (AvgIpc) is 2.96. The van der Waals surface area contributed by atoms with Gasteiger partial charge in [0.1, 0.15) is 0 Å². The van der Waals surface area contributed by atoms with Gasteiger partial charge in [0.15, 0.2) is 0 Å². The van der Waals surface area contributed by atoms with Crippen LogP contribution in [0, 0.1) is 13.8 Å². The van der Waals surface area contributed by atoms with E-state index in [1.54, 1.807) is 48.5 Å². The van der Waals surface area contributed by atoms with Crippen LogP contribution < -0.4 is 10.2 Å². The highest BCUT2D eigenvalue weighted by molar-refractivity contribution is 6.34. The minimum atomic E-state index is -0.354. The van der Waals surface area contributed by atoms with Crippen LogP contribution in [0.4, 0.5) is 11.4 Å². The summed E-state index contributed by atoms with van der Waals surface area (Å²) in [6.45, 7) is 3.94.